The molecule has 0 saturated carbocycles. The molecule has 0 spiro atoms. The molecule has 0 aliphatic rings. The third kappa shape index (κ3) is 1.87. The van der Waals surface area contributed by atoms with E-state index in [2.05, 4.69) is 19.0 Å². The van der Waals surface area contributed by atoms with E-state index in [1.807, 2.05) is 19.1 Å². The normalized spacial score (nSPS) is 11.8. The number of nitrogens with two attached hydrogens (primary N) is 1. The highest BCUT2D eigenvalue weighted by molar-refractivity contribution is 5.97. The standard InChI is InChI=1S/C11H16N2O/c1-4-9-6-10(11(12)13-14)5-7(2)8(9)3/h5-6,14H,4H2,1-3H3,(H2,12,13). The van der Waals surface area contributed by atoms with Crippen molar-refractivity contribution in [2.75, 3.05) is 0 Å². The van der Waals surface area contributed by atoms with Crippen LogP contribution in [0.25, 0.3) is 0 Å². The van der Waals surface area contributed by atoms with Crippen molar-refractivity contribution in [3.63, 3.8) is 0 Å². The van der Waals surface area contributed by atoms with Gasteiger partial charge < -0.3 is 10.9 Å². The van der Waals surface area contributed by atoms with E-state index in [1.54, 1.807) is 0 Å². The average Bonchev–Trinajstić information content (AvgIpc) is 2.20. The minimum Gasteiger partial charge on any atom is -0.409 e. The molecule has 1 rings (SSSR count). The van der Waals surface area contributed by atoms with Crippen molar-refractivity contribution < 1.29 is 5.21 Å². The maximum Gasteiger partial charge on any atom is 0.170 e. The quantitative estimate of drug-likeness (QED) is 0.326. The second-order valence-corrected chi connectivity index (χ2v) is 3.42. The van der Waals surface area contributed by atoms with Crippen molar-refractivity contribution in [2.45, 2.75) is 27.2 Å². The summed E-state index contributed by atoms with van der Waals surface area (Å²) in [4.78, 5) is 0. The minimum atomic E-state index is 0.169. The third-order valence-electron chi connectivity index (χ3n) is 2.56. The Morgan fingerprint density at radius 1 is 1.43 bits per heavy atom. The molecule has 1 aromatic carbocycles. The van der Waals surface area contributed by atoms with Crippen LogP contribution in [0.3, 0.4) is 0 Å². The van der Waals surface area contributed by atoms with Gasteiger partial charge in [-0.3, -0.25) is 0 Å². The van der Waals surface area contributed by atoms with E-state index in [0.29, 0.717) is 0 Å². The van der Waals surface area contributed by atoms with Crippen LogP contribution in [0.2, 0.25) is 0 Å². The molecule has 0 aromatic heterocycles. The summed E-state index contributed by atoms with van der Waals surface area (Å²) < 4.78 is 0. The molecule has 3 heteroatoms. The van der Waals surface area contributed by atoms with Crippen LogP contribution in [0.4, 0.5) is 0 Å². The Bertz CT molecular complexity index is 370. The van der Waals surface area contributed by atoms with Gasteiger partial charge in [0.05, 0.1) is 0 Å². The zero-order valence-corrected chi connectivity index (χ0v) is 8.83. The van der Waals surface area contributed by atoms with Crippen molar-refractivity contribution in [3.05, 3.63) is 34.4 Å². The van der Waals surface area contributed by atoms with Gasteiger partial charge in [-0.05, 0) is 49.1 Å². The SMILES string of the molecule is CCc1cc(C(N)=NO)cc(C)c1C. The lowest BCUT2D eigenvalue weighted by Crippen LogP contribution is -2.14. The van der Waals surface area contributed by atoms with E-state index >= 15 is 0 Å². The van der Waals surface area contributed by atoms with Crippen LogP contribution < -0.4 is 5.73 Å². The number of nitrogens with zero attached hydrogens (tertiary/aromatic N) is 1. The van der Waals surface area contributed by atoms with Crippen LogP contribution in [0.1, 0.15) is 29.2 Å². The molecule has 0 amide bonds. The van der Waals surface area contributed by atoms with E-state index < -0.39 is 0 Å². The van der Waals surface area contributed by atoms with Crippen molar-refractivity contribution in [3.8, 4) is 0 Å². The molecule has 1 aromatic rings. The van der Waals surface area contributed by atoms with Crippen molar-refractivity contribution in [1.29, 1.82) is 0 Å². The van der Waals surface area contributed by atoms with Gasteiger partial charge in [-0.25, -0.2) is 0 Å². The molecule has 3 N–H and O–H groups in total. The first-order chi connectivity index (χ1) is 6.60. The van der Waals surface area contributed by atoms with Crippen molar-refractivity contribution in [1.82, 2.24) is 0 Å². The lowest BCUT2D eigenvalue weighted by molar-refractivity contribution is 0.318. The minimum absolute atomic E-state index is 0.169. The Labute approximate surface area is 84.2 Å². The van der Waals surface area contributed by atoms with Gasteiger partial charge in [-0.2, -0.15) is 0 Å². The molecule has 0 atom stereocenters. The van der Waals surface area contributed by atoms with Gasteiger partial charge in [0.2, 0.25) is 0 Å². The monoisotopic (exact) mass is 192 g/mol. The zero-order valence-electron chi connectivity index (χ0n) is 8.83. The number of hydrogen-bond acceptors (Lipinski definition) is 2. The summed E-state index contributed by atoms with van der Waals surface area (Å²) in [6, 6.07) is 3.90. The highest BCUT2D eigenvalue weighted by atomic mass is 16.4. The highest BCUT2D eigenvalue weighted by Crippen LogP contribution is 2.16. The summed E-state index contributed by atoms with van der Waals surface area (Å²) in [5, 5.41) is 11.6. The highest BCUT2D eigenvalue weighted by Gasteiger charge is 2.05. The number of benzene rings is 1. The van der Waals surface area contributed by atoms with Crippen LogP contribution >= 0.6 is 0 Å². The van der Waals surface area contributed by atoms with Gasteiger partial charge in [-0.15, -0.1) is 0 Å². The first kappa shape index (κ1) is 10.6. The third-order valence-corrected chi connectivity index (χ3v) is 2.56. The van der Waals surface area contributed by atoms with Gasteiger partial charge in [0.1, 0.15) is 0 Å². The Hall–Kier alpha value is -1.51. The largest absolute Gasteiger partial charge is 0.409 e. The molecule has 0 radical (unpaired) electrons. The average molecular weight is 192 g/mol. The van der Waals surface area contributed by atoms with Gasteiger partial charge in [-0.1, -0.05) is 12.1 Å². The van der Waals surface area contributed by atoms with Gasteiger partial charge in [0.15, 0.2) is 5.84 Å². The number of aryl methyl sites for hydroxylation is 2. The van der Waals surface area contributed by atoms with Crippen LogP contribution in [-0.2, 0) is 6.42 Å². The van der Waals surface area contributed by atoms with E-state index in [1.165, 1.54) is 16.7 Å². The second-order valence-electron chi connectivity index (χ2n) is 3.42. The molecule has 0 aliphatic heterocycles. The van der Waals surface area contributed by atoms with E-state index in [-0.39, 0.29) is 5.84 Å². The van der Waals surface area contributed by atoms with Crippen molar-refractivity contribution >= 4 is 5.84 Å². The molecular weight excluding hydrogens is 176 g/mol. The molecular formula is C11H16N2O. The van der Waals surface area contributed by atoms with Gasteiger partial charge in [0.25, 0.3) is 0 Å². The predicted octanol–water partition coefficient (Wildman–Crippen LogP) is 1.96. The van der Waals surface area contributed by atoms with Crippen LogP contribution in [0, 0.1) is 13.8 Å². The second kappa shape index (κ2) is 4.13. The molecule has 0 aliphatic carbocycles. The smallest absolute Gasteiger partial charge is 0.170 e. The number of hydrogen-bond donors (Lipinski definition) is 2. The Morgan fingerprint density at radius 2 is 2.07 bits per heavy atom. The fourth-order valence-corrected chi connectivity index (χ4v) is 1.51. The first-order valence-electron chi connectivity index (χ1n) is 4.68. The molecule has 0 unspecified atom stereocenters. The number of oxime groups is 1. The molecule has 14 heavy (non-hydrogen) atoms. The topological polar surface area (TPSA) is 58.6 Å². The summed E-state index contributed by atoms with van der Waals surface area (Å²) in [6.45, 7) is 6.21. The van der Waals surface area contributed by atoms with Crippen LogP contribution in [-0.4, -0.2) is 11.0 Å². The van der Waals surface area contributed by atoms with Crippen molar-refractivity contribution in [2.24, 2.45) is 10.9 Å². The number of rotatable bonds is 2. The maximum absolute atomic E-state index is 8.57. The van der Waals surface area contributed by atoms with Crippen LogP contribution in [0.5, 0.6) is 0 Å². The summed E-state index contributed by atoms with van der Waals surface area (Å²) in [5.41, 5.74) is 10.0. The van der Waals surface area contributed by atoms with Gasteiger partial charge in [0, 0.05) is 5.56 Å². The van der Waals surface area contributed by atoms with E-state index in [9.17, 15) is 0 Å². The Balaban J connectivity index is 3.30. The molecule has 0 fully saturated rings. The molecule has 0 heterocycles. The summed E-state index contributed by atoms with van der Waals surface area (Å²) in [6.07, 6.45) is 0.958. The lowest BCUT2D eigenvalue weighted by Gasteiger charge is -2.09. The molecule has 3 nitrogen and oxygen atoms in total. The molecule has 0 bridgehead atoms. The van der Waals surface area contributed by atoms with Crippen LogP contribution in [0.15, 0.2) is 17.3 Å². The maximum atomic E-state index is 8.57. The summed E-state index contributed by atoms with van der Waals surface area (Å²) in [5.74, 6) is 0.169. The van der Waals surface area contributed by atoms with E-state index in [0.717, 1.165) is 12.0 Å². The fraction of sp³-hybridized carbons (Fsp3) is 0.364. The van der Waals surface area contributed by atoms with E-state index in [4.69, 9.17) is 10.9 Å². The van der Waals surface area contributed by atoms with Gasteiger partial charge >= 0.3 is 0 Å². The predicted molar refractivity (Wildman–Crippen MR) is 57.8 cm³/mol. The summed E-state index contributed by atoms with van der Waals surface area (Å²) >= 11 is 0. The number of amidine groups is 1. The fourth-order valence-electron chi connectivity index (χ4n) is 1.51. The Kier molecular flexibility index (Phi) is 3.12. The lowest BCUT2D eigenvalue weighted by atomic mass is 9.97. The molecule has 76 valence electrons. The zero-order chi connectivity index (χ0) is 10.7. The molecule has 0 saturated heterocycles. The Morgan fingerprint density at radius 3 is 2.57 bits per heavy atom. The first-order valence-corrected chi connectivity index (χ1v) is 4.68. The summed E-state index contributed by atoms with van der Waals surface area (Å²) in [7, 11) is 0.